The van der Waals surface area contributed by atoms with Gasteiger partial charge in [-0.05, 0) is 25.1 Å². The summed E-state index contributed by atoms with van der Waals surface area (Å²) < 4.78 is 36.5. The molecule has 1 aromatic carbocycles. The second-order valence-electron chi connectivity index (χ2n) is 7.81. The summed E-state index contributed by atoms with van der Waals surface area (Å²) in [7, 11) is 0.169. The van der Waals surface area contributed by atoms with Crippen LogP contribution >= 0.6 is 0 Å². The molecular weight excluding hydrogens is 432 g/mol. The molecule has 2 atom stereocenters. The van der Waals surface area contributed by atoms with Crippen LogP contribution in [-0.2, 0) is 14.9 Å². The van der Waals surface area contributed by atoms with Crippen molar-refractivity contribution in [3.8, 4) is 17.1 Å². The van der Waals surface area contributed by atoms with E-state index >= 15 is 0 Å². The second kappa shape index (κ2) is 8.94. The maximum atomic E-state index is 11.7. The summed E-state index contributed by atoms with van der Waals surface area (Å²) >= 11 is 0. The average molecular weight is 459 g/mol. The number of nitrogens with zero attached hydrogens (tertiary/aromatic N) is 5. The minimum atomic E-state index is -3.80. The Morgan fingerprint density at radius 1 is 1.22 bits per heavy atom. The Hall–Kier alpha value is -2.86. The highest BCUT2D eigenvalue weighted by molar-refractivity contribution is 7.86. The SMILES string of the molecule is C[C@@H](Oc1nc(-c2ccc(N(C)C)cc2)cc2nccnc12)[C@@H]1CN(S(N)(=O)=O)CCO1. The summed E-state index contributed by atoms with van der Waals surface area (Å²) in [5.74, 6) is 0.311. The Balaban J connectivity index is 1.64. The molecule has 1 aliphatic heterocycles. The monoisotopic (exact) mass is 458 g/mol. The molecule has 1 fully saturated rings. The molecule has 0 radical (unpaired) electrons. The summed E-state index contributed by atoms with van der Waals surface area (Å²) in [6, 6.07) is 9.87. The molecule has 11 heteroatoms. The lowest BCUT2D eigenvalue weighted by Crippen LogP contribution is -2.52. The minimum absolute atomic E-state index is 0.106. The van der Waals surface area contributed by atoms with Gasteiger partial charge in [-0.3, -0.25) is 4.98 Å². The highest BCUT2D eigenvalue weighted by Gasteiger charge is 2.32. The Morgan fingerprint density at radius 2 is 1.94 bits per heavy atom. The van der Waals surface area contributed by atoms with Gasteiger partial charge in [-0.2, -0.15) is 12.7 Å². The molecule has 1 aliphatic rings. The first-order valence-corrected chi connectivity index (χ1v) is 11.7. The van der Waals surface area contributed by atoms with E-state index < -0.39 is 22.4 Å². The molecule has 0 spiro atoms. The summed E-state index contributed by atoms with van der Waals surface area (Å²) in [5, 5.41) is 5.28. The van der Waals surface area contributed by atoms with E-state index in [1.165, 1.54) is 4.31 Å². The third kappa shape index (κ3) is 4.80. The molecule has 3 aromatic rings. The van der Waals surface area contributed by atoms with Crippen molar-refractivity contribution in [1.82, 2.24) is 19.3 Å². The zero-order valence-electron chi connectivity index (χ0n) is 18.2. The third-order valence-corrected chi connectivity index (χ3v) is 6.39. The predicted molar refractivity (Wildman–Crippen MR) is 122 cm³/mol. The van der Waals surface area contributed by atoms with Crippen LogP contribution in [0, 0.1) is 0 Å². The Labute approximate surface area is 187 Å². The lowest BCUT2D eigenvalue weighted by Gasteiger charge is -2.33. The highest BCUT2D eigenvalue weighted by atomic mass is 32.2. The number of morpholine rings is 1. The van der Waals surface area contributed by atoms with Crippen molar-refractivity contribution in [2.24, 2.45) is 5.14 Å². The summed E-state index contributed by atoms with van der Waals surface area (Å²) in [6.07, 6.45) is 2.19. The van der Waals surface area contributed by atoms with Gasteiger partial charge in [0.05, 0.1) is 17.8 Å². The molecule has 0 aliphatic carbocycles. The number of ether oxygens (including phenoxy) is 2. The Morgan fingerprint density at radius 3 is 2.62 bits per heavy atom. The summed E-state index contributed by atoms with van der Waals surface area (Å²) in [4.78, 5) is 15.5. The van der Waals surface area contributed by atoms with Gasteiger partial charge in [0.25, 0.3) is 10.2 Å². The van der Waals surface area contributed by atoms with E-state index in [1.807, 2.05) is 49.3 Å². The summed E-state index contributed by atoms with van der Waals surface area (Å²) in [5.41, 5.74) is 3.85. The number of anilines is 1. The van der Waals surface area contributed by atoms with Crippen LogP contribution in [0.1, 0.15) is 6.92 Å². The van der Waals surface area contributed by atoms with Crippen LogP contribution in [0.5, 0.6) is 5.88 Å². The first-order chi connectivity index (χ1) is 15.2. The van der Waals surface area contributed by atoms with Crippen LogP contribution in [0.2, 0.25) is 0 Å². The lowest BCUT2D eigenvalue weighted by atomic mass is 10.1. The van der Waals surface area contributed by atoms with Crippen LogP contribution in [-0.4, -0.2) is 73.7 Å². The van der Waals surface area contributed by atoms with E-state index in [0.717, 1.165) is 11.3 Å². The molecule has 0 amide bonds. The van der Waals surface area contributed by atoms with Crippen molar-refractivity contribution in [3.05, 3.63) is 42.7 Å². The number of rotatable bonds is 6. The average Bonchev–Trinajstić information content (AvgIpc) is 2.78. The predicted octanol–water partition coefficient (Wildman–Crippen LogP) is 1.43. The molecular formula is C21H26N6O4S. The number of aromatic nitrogens is 3. The zero-order chi connectivity index (χ0) is 22.9. The van der Waals surface area contributed by atoms with E-state index in [0.29, 0.717) is 22.6 Å². The molecule has 0 bridgehead atoms. The van der Waals surface area contributed by atoms with Crippen molar-refractivity contribution >= 4 is 26.9 Å². The van der Waals surface area contributed by atoms with E-state index in [-0.39, 0.29) is 19.7 Å². The van der Waals surface area contributed by atoms with Gasteiger partial charge in [-0.1, -0.05) is 12.1 Å². The van der Waals surface area contributed by atoms with Gasteiger partial charge in [0, 0.05) is 50.8 Å². The van der Waals surface area contributed by atoms with Gasteiger partial charge in [-0.25, -0.2) is 15.1 Å². The molecule has 0 unspecified atom stereocenters. The number of hydrogen-bond acceptors (Lipinski definition) is 8. The van der Waals surface area contributed by atoms with E-state index in [2.05, 4.69) is 9.97 Å². The van der Waals surface area contributed by atoms with Gasteiger partial charge < -0.3 is 14.4 Å². The normalized spacial score (nSPS) is 18.4. The van der Waals surface area contributed by atoms with E-state index in [9.17, 15) is 8.42 Å². The molecule has 3 heterocycles. The quantitative estimate of drug-likeness (QED) is 0.588. The Kier molecular flexibility index (Phi) is 6.24. The van der Waals surface area contributed by atoms with E-state index in [4.69, 9.17) is 19.6 Å². The molecule has 32 heavy (non-hydrogen) atoms. The van der Waals surface area contributed by atoms with Gasteiger partial charge in [0.1, 0.15) is 12.2 Å². The maximum Gasteiger partial charge on any atom is 0.277 e. The number of benzene rings is 1. The van der Waals surface area contributed by atoms with Gasteiger partial charge >= 0.3 is 0 Å². The Bertz CT molecular complexity index is 1200. The van der Waals surface area contributed by atoms with Crippen LogP contribution in [0.4, 0.5) is 5.69 Å². The number of nitrogens with two attached hydrogens (primary N) is 1. The van der Waals surface area contributed by atoms with Crippen molar-refractivity contribution in [2.75, 3.05) is 38.7 Å². The molecule has 0 saturated carbocycles. The summed E-state index contributed by atoms with van der Waals surface area (Å²) in [6.45, 7) is 2.36. The van der Waals surface area contributed by atoms with Crippen LogP contribution in [0.25, 0.3) is 22.3 Å². The van der Waals surface area contributed by atoms with Gasteiger partial charge in [0.15, 0.2) is 5.52 Å². The molecule has 4 rings (SSSR count). The fraction of sp³-hybridized carbons (Fsp3) is 0.381. The maximum absolute atomic E-state index is 11.7. The van der Waals surface area contributed by atoms with Crippen molar-refractivity contribution in [2.45, 2.75) is 19.1 Å². The second-order valence-corrected chi connectivity index (χ2v) is 9.36. The van der Waals surface area contributed by atoms with Crippen LogP contribution in [0.15, 0.2) is 42.7 Å². The molecule has 10 nitrogen and oxygen atoms in total. The first-order valence-electron chi connectivity index (χ1n) is 10.2. The molecule has 2 aromatic heterocycles. The van der Waals surface area contributed by atoms with Crippen LogP contribution in [0.3, 0.4) is 0 Å². The largest absolute Gasteiger partial charge is 0.470 e. The molecule has 170 valence electrons. The van der Waals surface area contributed by atoms with Crippen LogP contribution < -0.4 is 14.8 Å². The van der Waals surface area contributed by atoms with Crippen molar-refractivity contribution in [3.63, 3.8) is 0 Å². The number of hydrogen-bond donors (Lipinski definition) is 1. The smallest absolute Gasteiger partial charge is 0.277 e. The van der Waals surface area contributed by atoms with Crippen molar-refractivity contribution in [1.29, 1.82) is 0 Å². The lowest BCUT2D eigenvalue weighted by molar-refractivity contribution is -0.0567. The first kappa shape index (κ1) is 22.3. The standard InChI is InChI=1S/C21H26N6O4S/c1-14(19-13-27(10-11-30-19)32(22,28)29)31-21-20-18(23-8-9-24-20)12-17(25-21)15-4-6-16(7-5-15)26(2)3/h4-9,12,14,19H,10-11,13H2,1-3H3,(H2,22,28,29)/t14-,19+/m1/s1. The fourth-order valence-corrected chi connectivity index (χ4v) is 4.21. The minimum Gasteiger partial charge on any atom is -0.470 e. The molecule has 2 N–H and O–H groups in total. The van der Waals surface area contributed by atoms with Gasteiger partial charge in [-0.15, -0.1) is 0 Å². The fourth-order valence-electron chi connectivity index (χ4n) is 3.52. The zero-order valence-corrected chi connectivity index (χ0v) is 19.0. The third-order valence-electron chi connectivity index (χ3n) is 5.34. The number of fused-ring (bicyclic) bond motifs is 1. The van der Waals surface area contributed by atoms with E-state index in [1.54, 1.807) is 19.3 Å². The topological polar surface area (TPSA) is 124 Å². The molecule has 1 saturated heterocycles. The highest BCUT2D eigenvalue weighted by Crippen LogP contribution is 2.29. The number of pyridine rings is 1. The van der Waals surface area contributed by atoms with Crippen molar-refractivity contribution < 1.29 is 17.9 Å². The van der Waals surface area contributed by atoms with Gasteiger partial charge in [0.2, 0.25) is 5.88 Å².